The number of amides is 2. The molecule has 4 aromatic rings. The first-order valence-electron chi connectivity index (χ1n) is 11.1. The standard InChI is InChI=1S/C25H20ClF3N4O2S/c1-13-21(31-24(35)25(2,28)29)22(19-9-10-20(26)36-19)32(23(13)34)17-7-8-18-14(11-17)12-30-33(18)16-5-3-15(27)4-6-16/h3-13,21-22H,1-2H3,(H,31,35). The van der Waals surface area contributed by atoms with Gasteiger partial charge in [0.2, 0.25) is 5.91 Å². The summed E-state index contributed by atoms with van der Waals surface area (Å²) in [6.07, 6.45) is 1.63. The van der Waals surface area contributed by atoms with Gasteiger partial charge in [-0.2, -0.15) is 13.9 Å². The Morgan fingerprint density at radius 1 is 1.11 bits per heavy atom. The topological polar surface area (TPSA) is 67.2 Å². The van der Waals surface area contributed by atoms with Crippen LogP contribution in [0.4, 0.5) is 18.9 Å². The molecule has 0 saturated carbocycles. The molecule has 36 heavy (non-hydrogen) atoms. The SMILES string of the molecule is CC1C(=O)N(c2ccc3c(cnn3-c3ccc(F)cc3)c2)C(c2ccc(Cl)s2)C1NC(=O)C(C)(F)F. The van der Waals surface area contributed by atoms with Crippen molar-refractivity contribution in [2.24, 2.45) is 5.92 Å². The van der Waals surface area contributed by atoms with E-state index in [9.17, 15) is 22.8 Å². The number of carbonyl (C=O) groups excluding carboxylic acids is 2. The monoisotopic (exact) mass is 532 g/mol. The van der Waals surface area contributed by atoms with Crippen LogP contribution in [0.1, 0.15) is 24.8 Å². The molecule has 3 heterocycles. The molecule has 0 radical (unpaired) electrons. The van der Waals surface area contributed by atoms with Gasteiger partial charge in [-0.05, 0) is 54.6 Å². The largest absolute Gasteiger partial charge is 0.345 e. The molecule has 0 spiro atoms. The second-order valence-electron chi connectivity index (χ2n) is 8.75. The zero-order chi connectivity index (χ0) is 25.8. The first kappa shape index (κ1) is 24.3. The molecule has 1 aliphatic heterocycles. The van der Waals surface area contributed by atoms with Crippen molar-refractivity contribution >= 4 is 51.3 Å². The average molecular weight is 533 g/mol. The van der Waals surface area contributed by atoms with Crippen LogP contribution in [0.15, 0.2) is 60.8 Å². The number of anilines is 1. The molecule has 2 aromatic carbocycles. The first-order valence-corrected chi connectivity index (χ1v) is 12.2. The molecular weight excluding hydrogens is 513 g/mol. The maximum Gasteiger partial charge on any atom is 0.321 e. The summed E-state index contributed by atoms with van der Waals surface area (Å²) in [5.74, 6) is -6.49. The van der Waals surface area contributed by atoms with Gasteiger partial charge in [-0.3, -0.25) is 9.59 Å². The van der Waals surface area contributed by atoms with Crippen molar-refractivity contribution in [3.05, 3.63) is 75.8 Å². The van der Waals surface area contributed by atoms with E-state index in [1.54, 1.807) is 60.3 Å². The zero-order valence-corrected chi connectivity index (χ0v) is 20.7. The summed E-state index contributed by atoms with van der Waals surface area (Å²) in [6, 6.07) is 12.9. The second kappa shape index (κ2) is 8.94. The summed E-state index contributed by atoms with van der Waals surface area (Å²) in [5.41, 5.74) is 1.92. The smallest absolute Gasteiger partial charge is 0.321 e. The fraction of sp³-hybridized carbons (Fsp3) is 0.240. The number of aromatic nitrogens is 2. The third-order valence-electron chi connectivity index (χ3n) is 6.27. The molecule has 1 fully saturated rings. The van der Waals surface area contributed by atoms with E-state index in [1.807, 2.05) is 0 Å². The lowest BCUT2D eigenvalue weighted by Crippen LogP contribution is -2.47. The highest BCUT2D eigenvalue weighted by Crippen LogP contribution is 2.44. The van der Waals surface area contributed by atoms with Crippen LogP contribution in [0, 0.1) is 11.7 Å². The van der Waals surface area contributed by atoms with Gasteiger partial charge in [-0.1, -0.05) is 18.5 Å². The first-order chi connectivity index (χ1) is 17.0. The lowest BCUT2D eigenvalue weighted by atomic mass is 9.98. The average Bonchev–Trinajstić information content (AvgIpc) is 3.51. The van der Waals surface area contributed by atoms with E-state index in [0.717, 1.165) is 5.52 Å². The summed E-state index contributed by atoms with van der Waals surface area (Å²) in [5, 5.41) is 7.50. The third-order valence-corrected chi connectivity index (χ3v) is 7.57. The van der Waals surface area contributed by atoms with Crippen molar-refractivity contribution < 1.29 is 22.8 Å². The molecular formula is C25H20ClF3N4O2S. The predicted octanol–water partition coefficient (Wildman–Crippen LogP) is 5.74. The second-order valence-corrected chi connectivity index (χ2v) is 10.5. The van der Waals surface area contributed by atoms with Crippen molar-refractivity contribution in [2.75, 3.05) is 4.90 Å². The Morgan fingerprint density at radius 3 is 2.44 bits per heavy atom. The Bertz CT molecular complexity index is 1460. The molecule has 5 rings (SSSR count). The van der Waals surface area contributed by atoms with E-state index in [2.05, 4.69) is 10.4 Å². The minimum atomic E-state index is -3.60. The van der Waals surface area contributed by atoms with Gasteiger partial charge in [-0.15, -0.1) is 11.3 Å². The van der Waals surface area contributed by atoms with E-state index >= 15 is 0 Å². The number of halogens is 4. The maximum atomic E-state index is 13.7. The highest BCUT2D eigenvalue weighted by atomic mass is 35.5. The minimum absolute atomic E-state index is 0.320. The van der Waals surface area contributed by atoms with Gasteiger partial charge < -0.3 is 10.2 Å². The van der Waals surface area contributed by atoms with Crippen LogP contribution in [0.25, 0.3) is 16.6 Å². The molecule has 2 aromatic heterocycles. The van der Waals surface area contributed by atoms with Crippen LogP contribution in [0.2, 0.25) is 4.34 Å². The summed E-state index contributed by atoms with van der Waals surface area (Å²) in [6.45, 7) is 2.12. The minimum Gasteiger partial charge on any atom is -0.345 e. The highest BCUT2D eigenvalue weighted by molar-refractivity contribution is 7.16. The number of hydrogen-bond acceptors (Lipinski definition) is 4. The van der Waals surface area contributed by atoms with E-state index in [-0.39, 0.29) is 11.7 Å². The molecule has 6 nitrogen and oxygen atoms in total. The molecule has 11 heteroatoms. The molecule has 3 atom stereocenters. The van der Waals surface area contributed by atoms with Crippen LogP contribution in [-0.4, -0.2) is 33.6 Å². The number of thiophene rings is 1. The quantitative estimate of drug-likeness (QED) is 0.356. The molecule has 3 unspecified atom stereocenters. The van der Waals surface area contributed by atoms with Gasteiger partial charge in [0.25, 0.3) is 5.91 Å². The lowest BCUT2D eigenvalue weighted by Gasteiger charge is -2.29. The van der Waals surface area contributed by atoms with Gasteiger partial charge in [0.05, 0.1) is 39.7 Å². The van der Waals surface area contributed by atoms with Crippen molar-refractivity contribution in [2.45, 2.75) is 31.9 Å². The molecule has 1 N–H and O–H groups in total. The number of alkyl halides is 2. The van der Waals surface area contributed by atoms with E-state index in [4.69, 9.17) is 11.6 Å². The summed E-state index contributed by atoms with van der Waals surface area (Å²) in [7, 11) is 0. The number of rotatable bonds is 5. The molecule has 0 aliphatic carbocycles. The number of benzene rings is 2. The Hall–Kier alpha value is -3.37. The van der Waals surface area contributed by atoms with E-state index in [1.165, 1.54) is 28.4 Å². The zero-order valence-electron chi connectivity index (χ0n) is 19.1. The fourth-order valence-corrected chi connectivity index (χ4v) is 5.66. The van der Waals surface area contributed by atoms with E-state index < -0.39 is 29.8 Å². The predicted molar refractivity (Wildman–Crippen MR) is 132 cm³/mol. The Kier molecular flexibility index (Phi) is 6.04. The Balaban J connectivity index is 1.56. The van der Waals surface area contributed by atoms with Crippen LogP contribution >= 0.6 is 22.9 Å². The number of hydrogen-bond donors (Lipinski definition) is 1. The third kappa shape index (κ3) is 4.24. The maximum absolute atomic E-state index is 13.7. The number of carbonyl (C=O) groups is 2. The van der Waals surface area contributed by atoms with Crippen molar-refractivity contribution in [1.29, 1.82) is 0 Å². The van der Waals surface area contributed by atoms with Gasteiger partial charge >= 0.3 is 5.92 Å². The van der Waals surface area contributed by atoms with Crippen molar-refractivity contribution in [1.82, 2.24) is 15.1 Å². The summed E-state index contributed by atoms with van der Waals surface area (Å²) >= 11 is 7.37. The highest BCUT2D eigenvalue weighted by Gasteiger charge is 2.50. The molecule has 186 valence electrons. The normalized spacial score (nSPS) is 20.3. The molecule has 2 amide bonds. The van der Waals surface area contributed by atoms with Crippen LogP contribution in [0.5, 0.6) is 0 Å². The number of fused-ring (bicyclic) bond motifs is 1. The Labute approximate surface area is 213 Å². The summed E-state index contributed by atoms with van der Waals surface area (Å²) in [4.78, 5) is 27.8. The fourth-order valence-electron chi connectivity index (χ4n) is 4.46. The van der Waals surface area contributed by atoms with Gasteiger partial charge in [0.15, 0.2) is 0 Å². The number of nitrogens with one attached hydrogen (secondary N) is 1. The summed E-state index contributed by atoms with van der Waals surface area (Å²) < 4.78 is 42.9. The van der Waals surface area contributed by atoms with Crippen LogP contribution in [-0.2, 0) is 9.59 Å². The van der Waals surface area contributed by atoms with Gasteiger partial charge in [0.1, 0.15) is 5.82 Å². The van der Waals surface area contributed by atoms with Crippen molar-refractivity contribution in [3.63, 3.8) is 0 Å². The van der Waals surface area contributed by atoms with E-state index in [0.29, 0.717) is 32.9 Å². The van der Waals surface area contributed by atoms with Crippen LogP contribution < -0.4 is 10.2 Å². The molecule has 0 bridgehead atoms. The van der Waals surface area contributed by atoms with Crippen LogP contribution in [0.3, 0.4) is 0 Å². The molecule has 1 saturated heterocycles. The number of nitrogens with zero attached hydrogens (tertiary/aromatic N) is 3. The lowest BCUT2D eigenvalue weighted by molar-refractivity contribution is -0.144. The van der Waals surface area contributed by atoms with Crippen molar-refractivity contribution in [3.8, 4) is 5.69 Å². The Morgan fingerprint density at radius 2 is 1.81 bits per heavy atom. The molecule has 1 aliphatic rings. The van der Waals surface area contributed by atoms with Gasteiger partial charge in [0, 0.05) is 22.9 Å². The van der Waals surface area contributed by atoms with Gasteiger partial charge in [-0.25, -0.2) is 9.07 Å².